The number of benzene rings is 1. The molecule has 0 unspecified atom stereocenters. The van der Waals surface area contributed by atoms with Crippen LogP contribution in [0.1, 0.15) is 51.9 Å². The zero-order chi connectivity index (χ0) is 32.2. The maximum absolute atomic E-state index is 12.8. The molecule has 0 saturated carbocycles. The Balaban J connectivity index is 2.56. The average Bonchev–Trinajstić information content (AvgIpc) is 3.32. The second-order valence-electron chi connectivity index (χ2n) is 12.3. The Morgan fingerprint density at radius 3 is 2.42 bits per heavy atom. The molecular formula is C31H47N5O6Si. The van der Waals surface area contributed by atoms with Crippen LogP contribution in [0.5, 0.6) is 0 Å². The lowest BCUT2D eigenvalue weighted by molar-refractivity contribution is -0.116. The molecular weight excluding hydrogens is 566 g/mol. The number of hydrogen-bond acceptors (Lipinski definition) is 7. The number of alkyl carbamates (subject to hydrolysis) is 1. The minimum Gasteiger partial charge on any atom is -0.453 e. The predicted molar refractivity (Wildman–Crippen MR) is 173 cm³/mol. The lowest BCUT2D eigenvalue weighted by atomic mass is 10.1. The first-order chi connectivity index (χ1) is 20.2. The van der Waals surface area contributed by atoms with Crippen LogP contribution in [0.3, 0.4) is 0 Å². The molecule has 0 spiro atoms. The van der Waals surface area contributed by atoms with Crippen LogP contribution in [-0.4, -0.2) is 55.0 Å². The summed E-state index contributed by atoms with van der Waals surface area (Å²) in [6.07, 6.45) is 5.10. The van der Waals surface area contributed by atoms with E-state index in [1.165, 1.54) is 7.11 Å². The van der Waals surface area contributed by atoms with E-state index < -0.39 is 31.9 Å². The highest BCUT2D eigenvalue weighted by Crippen LogP contribution is 2.32. The third-order valence-corrected chi connectivity index (χ3v) is 7.72. The monoisotopic (exact) mass is 613 g/mol. The number of carbonyl (C=O) groups excluding carboxylic acids is 3. The number of carbonyl (C=O) groups is 3. The molecule has 3 N–H and O–H groups in total. The highest BCUT2D eigenvalue weighted by molar-refractivity contribution is 6.76. The van der Waals surface area contributed by atoms with Gasteiger partial charge in [-0.25, -0.2) is 14.6 Å². The Bertz CT molecular complexity index is 1280. The fourth-order valence-electron chi connectivity index (χ4n) is 3.89. The molecule has 0 aliphatic carbocycles. The van der Waals surface area contributed by atoms with E-state index in [9.17, 15) is 14.4 Å². The molecule has 2 rings (SSSR count). The van der Waals surface area contributed by atoms with Gasteiger partial charge in [-0.05, 0) is 57.9 Å². The molecule has 12 heteroatoms. The third kappa shape index (κ3) is 12.5. The molecule has 0 aliphatic heterocycles. The highest BCUT2D eigenvalue weighted by Gasteiger charge is 2.25. The summed E-state index contributed by atoms with van der Waals surface area (Å²) in [4.78, 5) is 42.2. The molecule has 0 bridgehead atoms. The van der Waals surface area contributed by atoms with Gasteiger partial charge in [0.15, 0.2) is 0 Å². The summed E-state index contributed by atoms with van der Waals surface area (Å²) < 4.78 is 18.1. The van der Waals surface area contributed by atoms with Crippen LogP contribution in [0, 0.1) is 0 Å². The van der Waals surface area contributed by atoms with E-state index in [4.69, 9.17) is 19.2 Å². The number of aromatic nitrogens is 2. The summed E-state index contributed by atoms with van der Waals surface area (Å²) in [5.74, 6) is 0.316. The van der Waals surface area contributed by atoms with Gasteiger partial charge >= 0.3 is 12.2 Å². The molecule has 0 fully saturated rings. The van der Waals surface area contributed by atoms with Crippen molar-refractivity contribution in [1.82, 2.24) is 14.9 Å². The van der Waals surface area contributed by atoms with Gasteiger partial charge in [0, 0.05) is 38.5 Å². The number of imidazole rings is 1. The minimum atomic E-state index is -1.31. The minimum absolute atomic E-state index is 0.208. The lowest BCUT2D eigenvalue weighted by Crippen LogP contribution is -2.36. The fourth-order valence-corrected chi connectivity index (χ4v) is 4.65. The second kappa shape index (κ2) is 16.1. The van der Waals surface area contributed by atoms with E-state index in [1.807, 2.05) is 10.8 Å². The standard InChI is InChI=1S/C31H47N5O6Si/c1-10-12-14-27(37)33-25-19-22(32-29(38)40-6)15-16-23(25)26-20-36(21-41-17-18-43(7,8)9)28(34-26)24(13-11-2)35-30(39)42-31(3,4)5/h10-11,15-16,19-20,24H,1-2,12-14,17-18,21H2,3-9H3,(H,32,38)(H,33,37)(H,35,39)/t24-/m0/s1. The van der Waals surface area contributed by atoms with Gasteiger partial charge in [0.2, 0.25) is 5.91 Å². The van der Waals surface area contributed by atoms with E-state index in [1.54, 1.807) is 51.1 Å². The van der Waals surface area contributed by atoms with E-state index in [0.29, 0.717) is 47.9 Å². The van der Waals surface area contributed by atoms with Crippen molar-refractivity contribution in [1.29, 1.82) is 0 Å². The fraction of sp³-hybridized carbons (Fsp3) is 0.484. The van der Waals surface area contributed by atoms with Gasteiger partial charge < -0.3 is 29.4 Å². The number of nitrogens with one attached hydrogen (secondary N) is 3. The first-order valence-electron chi connectivity index (χ1n) is 14.3. The van der Waals surface area contributed by atoms with Crippen LogP contribution < -0.4 is 16.0 Å². The summed E-state index contributed by atoms with van der Waals surface area (Å²) in [5, 5.41) is 8.46. The Morgan fingerprint density at radius 2 is 1.81 bits per heavy atom. The Labute approximate surface area is 256 Å². The third-order valence-electron chi connectivity index (χ3n) is 6.02. The number of allylic oxidation sites excluding steroid dienone is 1. The Morgan fingerprint density at radius 1 is 1.09 bits per heavy atom. The Hall–Kier alpha value is -3.90. The van der Waals surface area contributed by atoms with Crippen molar-refractivity contribution in [3.63, 3.8) is 0 Å². The molecule has 0 saturated heterocycles. The molecule has 43 heavy (non-hydrogen) atoms. The van der Waals surface area contributed by atoms with Gasteiger partial charge in [0.25, 0.3) is 0 Å². The first-order valence-corrected chi connectivity index (χ1v) is 18.0. The Kier molecular flexibility index (Phi) is 13.2. The molecule has 1 aromatic carbocycles. The summed E-state index contributed by atoms with van der Waals surface area (Å²) in [6, 6.07) is 5.51. The SMILES string of the molecule is C=CCCC(=O)Nc1cc(NC(=O)OC)ccc1-c1cn(COCC[Si](C)(C)C)c([C@H](CC=C)NC(=O)OC(C)(C)C)n1. The van der Waals surface area contributed by atoms with Crippen molar-refractivity contribution in [2.24, 2.45) is 0 Å². The molecule has 1 heterocycles. The number of rotatable bonds is 15. The summed E-state index contributed by atoms with van der Waals surface area (Å²) >= 11 is 0. The molecule has 0 aliphatic rings. The van der Waals surface area contributed by atoms with Gasteiger partial charge in [0.1, 0.15) is 18.2 Å². The number of ether oxygens (including phenoxy) is 3. The van der Waals surface area contributed by atoms with Gasteiger partial charge in [-0.2, -0.15) is 0 Å². The highest BCUT2D eigenvalue weighted by atomic mass is 28.3. The maximum Gasteiger partial charge on any atom is 0.411 e. The van der Waals surface area contributed by atoms with Crippen molar-refractivity contribution in [3.8, 4) is 11.3 Å². The molecule has 11 nitrogen and oxygen atoms in total. The van der Waals surface area contributed by atoms with Crippen molar-refractivity contribution in [2.75, 3.05) is 24.4 Å². The molecule has 1 aromatic heterocycles. The van der Waals surface area contributed by atoms with E-state index in [-0.39, 0.29) is 19.1 Å². The quantitative estimate of drug-likeness (QED) is 0.111. The summed E-state index contributed by atoms with van der Waals surface area (Å²) in [5.41, 5.74) is 1.34. The average molecular weight is 614 g/mol. The van der Waals surface area contributed by atoms with E-state index in [2.05, 4.69) is 48.7 Å². The van der Waals surface area contributed by atoms with Crippen molar-refractivity contribution < 1.29 is 28.6 Å². The van der Waals surface area contributed by atoms with E-state index >= 15 is 0 Å². The molecule has 2 aromatic rings. The van der Waals surface area contributed by atoms with E-state index in [0.717, 1.165) is 6.04 Å². The summed E-state index contributed by atoms with van der Waals surface area (Å²) in [6.45, 7) is 20.6. The normalized spacial score (nSPS) is 12.2. The number of methoxy groups -OCH3 is 1. The van der Waals surface area contributed by atoms with Crippen LogP contribution in [0.2, 0.25) is 25.7 Å². The maximum atomic E-state index is 12.8. The van der Waals surface area contributed by atoms with Gasteiger partial charge in [-0.3, -0.25) is 10.1 Å². The molecule has 0 radical (unpaired) electrons. The molecule has 3 amide bonds. The largest absolute Gasteiger partial charge is 0.453 e. The number of nitrogens with zero attached hydrogens (tertiary/aromatic N) is 2. The molecule has 236 valence electrons. The zero-order valence-corrected chi connectivity index (χ0v) is 27.5. The topological polar surface area (TPSA) is 133 Å². The van der Waals surface area contributed by atoms with Crippen LogP contribution in [0.15, 0.2) is 49.7 Å². The zero-order valence-electron chi connectivity index (χ0n) is 26.5. The number of anilines is 2. The van der Waals surface area contributed by atoms with Crippen LogP contribution >= 0.6 is 0 Å². The first kappa shape index (κ1) is 35.3. The van der Waals surface area contributed by atoms with Crippen LogP contribution in [0.25, 0.3) is 11.3 Å². The van der Waals surface area contributed by atoms with Crippen LogP contribution in [0.4, 0.5) is 21.0 Å². The predicted octanol–water partition coefficient (Wildman–Crippen LogP) is 7.09. The molecule has 1 atom stereocenters. The van der Waals surface area contributed by atoms with Gasteiger partial charge in [0.05, 0.1) is 24.5 Å². The smallest absolute Gasteiger partial charge is 0.411 e. The van der Waals surface area contributed by atoms with Crippen molar-refractivity contribution in [2.45, 2.75) is 84.1 Å². The number of hydrogen-bond donors (Lipinski definition) is 3. The van der Waals surface area contributed by atoms with Gasteiger partial charge in [-0.15, -0.1) is 13.2 Å². The lowest BCUT2D eigenvalue weighted by Gasteiger charge is -2.23. The second-order valence-corrected chi connectivity index (χ2v) is 17.9. The van der Waals surface area contributed by atoms with Crippen molar-refractivity contribution >= 4 is 37.5 Å². The number of amides is 3. The van der Waals surface area contributed by atoms with Crippen molar-refractivity contribution in [3.05, 3.63) is 55.5 Å². The van der Waals surface area contributed by atoms with Gasteiger partial charge in [-0.1, -0.05) is 31.8 Å². The van der Waals surface area contributed by atoms with Crippen LogP contribution in [-0.2, 0) is 25.7 Å². The summed E-state index contributed by atoms with van der Waals surface area (Å²) in [7, 11) is -0.0401.